The number of hydrogen-bond donors (Lipinski definition) is 2. The molecule has 118 valence electrons. The van der Waals surface area contributed by atoms with Crippen molar-refractivity contribution in [2.45, 2.75) is 26.3 Å². The second-order valence-corrected chi connectivity index (χ2v) is 7.50. The predicted molar refractivity (Wildman–Crippen MR) is 82.0 cm³/mol. The van der Waals surface area contributed by atoms with Crippen LogP contribution in [-0.4, -0.2) is 39.3 Å². The molecule has 0 aliphatic heterocycles. The molecule has 0 radical (unpaired) electrons. The van der Waals surface area contributed by atoms with Gasteiger partial charge in [0.1, 0.15) is 5.75 Å². The summed E-state index contributed by atoms with van der Waals surface area (Å²) < 4.78 is 31.1. The molecule has 2 N–H and O–H groups in total. The fraction of sp³-hybridized carbons (Fsp3) is 0.500. The summed E-state index contributed by atoms with van der Waals surface area (Å²) in [6.45, 7) is 5.33. The number of hydrogen-bond acceptors (Lipinski definition) is 4. The van der Waals surface area contributed by atoms with Crippen molar-refractivity contribution >= 4 is 15.9 Å². The molecule has 0 bridgehead atoms. The van der Waals surface area contributed by atoms with Crippen LogP contribution in [0, 0.1) is 0 Å². The smallest absolute Gasteiger partial charge is 0.251 e. The first-order valence-corrected chi connectivity index (χ1v) is 8.22. The van der Waals surface area contributed by atoms with Gasteiger partial charge in [0, 0.05) is 17.6 Å². The molecule has 0 fully saturated rings. The third-order valence-corrected chi connectivity index (χ3v) is 4.11. The zero-order valence-corrected chi connectivity index (χ0v) is 13.6. The number of rotatable bonds is 6. The molecule has 0 spiro atoms. The van der Waals surface area contributed by atoms with Crippen molar-refractivity contribution in [2.75, 3.05) is 19.4 Å². The van der Waals surface area contributed by atoms with E-state index in [0.29, 0.717) is 11.3 Å². The maximum Gasteiger partial charge on any atom is 0.251 e. The lowest BCUT2D eigenvalue weighted by Gasteiger charge is -2.20. The molecular weight excluding hydrogens is 292 g/mol. The number of nitrogens with one attached hydrogen (secondary N) is 2. The van der Waals surface area contributed by atoms with Crippen LogP contribution in [0.2, 0.25) is 0 Å². The van der Waals surface area contributed by atoms with E-state index < -0.39 is 15.6 Å². The molecule has 0 unspecified atom stereocenters. The van der Waals surface area contributed by atoms with E-state index in [1.165, 1.54) is 7.11 Å². The molecule has 0 heterocycles. The van der Waals surface area contributed by atoms with E-state index in [2.05, 4.69) is 10.0 Å². The highest BCUT2D eigenvalue weighted by atomic mass is 32.2. The number of sulfonamides is 1. The summed E-state index contributed by atoms with van der Waals surface area (Å²) in [5.74, 6) is 0.0736. The number of ether oxygens (including phenoxy) is 1. The standard InChI is InChI=1S/C14H22N2O4S/c1-14(2,3)16-21(18,19)9-8-15-13(17)11-6-5-7-12(10-11)20-4/h5-7,10,16H,8-9H2,1-4H3,(H,15,17). The van der Waals surface area contributed by atoms with E-state index in [1.807, 2.05) is 0 Å². The van der Waals surface area contributed by atoms with Crippen LogP contribution in [0.3, 0.4) is 0 Å². The van der Waals surface area contributed by atoms with Gasteiger partial charge in [-0.2, -0.15) is 0 Å². The molecular formula is C14H22N2O4S. The molecule has 7 heteroatoms. The summed E-state index contributed by atoms with van der Waals surface area (Å²) in [6.07, 6.45) is 0. The minimum Gasteiger partial charge on any atom is -0.497 e. The van der Waals surface area contributed by atoms with E-state index in [4.69, 9.17) is 4.74 Å². The van der Waals surface area contributed by atoms with Gasteiger partial charge >= 0.3 is 0 Å². The van der Waals surface area contributed by atoms with Crippen molar-refractivity contribution in [2.24, 2.45) is 0 Å². The summed E-state index contributed by atoms with van der Waals surface area (Å²) in [4.78, 5) is 11.9. The van der Waals surface area contributed by atoms with Crippen molar-refractivity contribution in [1.29, 1.82) is 0 Å². The third kappa shape index (κ3) is 6.59. The average Bonchev–Trinajstić information content (AvgIpc) is 2.35. The quantitative estimate of drug-likeness (QED) is 0.825. The number of methoxy groups -OCH3 is 1. The molecule has 1 aromatic rings. The van der Waals surface area contributed by atoms with Crippen molar-refractivity contribution in [3.63, 3.8) is 0 Å². The lowest BCUT2D eigenvalue weighted by atomic mass is 10.1. The average molecular weight is 314 g/mol. The normalized spacial score (nSPS) is 12.0. The van der Waals surface area contributed by atoms with Gasteiger partial charge in [-0.25, -0.2) is 13.1 Å². The fourth-order valence-corrected chi connectivity index (χ4v) is 3.09. The first-order chi connectivity index (χ1) is 9.63. The van der Waals surface area contributed by atoms with Gasteiger partial charge in [-0.3, -0.25) is 4.79 Å². The van der Waals surface area contributed by atoms with E-state index in [0.717, 1.165) is 0 Å². The monoisotopic (exact) mass is 314 g/mol. The Morgan fingerprint density at radius 3 is 2.52 bits per heavy atom. The van der Waals surface area contributed by atoms with E-state index in [-0.39, 0.29) is 18.2 Å². The van der Waals surface area contributed by atoms with Crippen LogP contribution < -0.4 is 14.8 Å². The summed E-state index contributed by atoms with van der Waals surface area (Å²) in [6, 6.07) is 6.66. The number of carbonyl (C=O) groups is 1. The Labute approximate surface area is 125 Å². The summed E-state index contributed by atoms with van der Waals surface area (Å²) in [5, 5.41) is 2.58. The van der Waals surface area contributed by atoms with Crippen LogP contribution >= 0.6 is 0 Å². The maximum absolute atomic E-state index is 11.9. The van der Waals surface area contributed by atoms with Crippen LogP contribution in [-0.2, 0) is 10.0 Å². The van der Waals surface area contributed by atoms with Gasteiger partial charge in [-0.05, 0) is 39.0 Å². The summed E-state index contributed by atoms with van der Waals surface area (Å²) in [7, 11) is -1.90. The second kappa shape index (κ2) is 6.91. The minimum absolute atomic E-state index is 0.0431. The molecule has 6 nitrogen and oxygen atoms in total. The van der Waals surface area contributed by atoms with Gasteiger partial charge in [-0.1, -0.05) is 6.07 Å². The fourth-order valence-electron chi connectivity index (χ4n) is 1.68. The van der Waals surface area contributed by atoms with Crippen molar-refractivity contribution in [3.05, 3.63) is 29.8 Å². The molecule has 0 aliphatic rings. The lowest BCUT2D eigenvalue weighted by Crippen LogP contribution is -2.43. The first kappa shape index (κ1) is 17.5. The van der Waals surface area contributed by atoms with Gasteiger partial charge in [-0.15, -0.1) is 0 Å². The zero-order valence-electron chi connectivity index (χ0n) is 12.8. The highest BCUT2D eigenvalue weighted by molar-refractivity contribution is 7.89. The van der Waals surface area contributed by atoms with E-state index in [9.17, 15) is 13.2 Å². The van der Waals surface area contributed by atoms with Crippen LogP contribution in [0.5, 0.6) is 5.75 Å². The van der Waals surface area contributed by atoms with Gasteiger partial charge in [0.2, 0.25) is 10.0 Å². The Balaban J connectivity index is 2.54. The van der Waals surface area contributed by atoms with Crippen LogP contribution in [0.1, 0.15) is 31.1 Å². The number of carbonyl (C=O) groups excluding carboxylic acids is 1. The topological polar surface area (TPSA) is 84.5 Å². The SMILES string of the molecule is COc1cccc(C(=O)NCCS(=O)(=O)NC(C)(C)C)c1. The predicted octanol–water partition coefficient (Wildman–Crippen LogP) is 1.14. The molecule has 0 saturated carbocycles. The Morgan fingerprint density at radius 2 is 1.95 bits per heavy atom. The summed E-state index contributed by atoms with van der Waals surface area (Å²) >= 11 is 0. The van der Waals surface area contributed by atoms with Crippen LogP contribution in [0.4, 0.5) is 0 Å². The highest BCUT2D eigenvalue weighted by Crippen LogP contribution is 2.12. The molecule has 0 saturated heterocycles. The van der Waals surface area contributed by atoms with Crippen LogP contribution in [0.25, 0.3) is 0 Å². The molecule has 1 amide bonds. The Bertz CT molecular complexity index is 591. The summed E-state index contributed by atoms with van der Waals surface area (Å²) in [5.41, 5.74) is -0.106. The lowest BCUT2D eigenvalue weighted by molar-refractivity contribution is 0.0956. The van der Waals surface area contributed by atoms with Crippen molar-refractivity contribution in [1.82, 2.24) is 10.0 Å². The number of benzene rings is 1. The molecule has 1 rings (SSSR count). The number of amides is 1. The Hall–Kier alpha value is -1.60. The largest absolute Gasteiger partial charge is 0.497 e. The van der Waals surface area contributed by atoms with Crippen molar-refractivity contribution in [3.8, 4) is 5.75 Å². The molecule has 0 atom stereocenters. The Kier molecular flexibility index (Phi) is 5.74. The minimum atomic E-state index is -3.42. The molecule has 0 aromatic heterocycles. The van der Waals surface area contributed by atoms with E-state index >= 15 is 0 Å². The zero-order chi connectivity index (χ0) is 16.1. The van der Waals surface area contributed by atoms with Crippen molar-refractivity contribution < 1.29 is 17.9 Å². The molecule has 21 heavy (non-hydrogen) atoms. The van der Waals surface area contributed by atoms with Gasteiger partial charge < -0.3 is 10.1 Å². The van der Waals surface area contributed by atoms with Gasteiger partial charge in [0.25, 0.3) is 5.91 Å². The molecule has 1 aromatic carbocycles. The van der Waals surface area contributed by atoms with Crippen LogP contribution in [0.15, 0.2) is 24.3 Å². The first-order valence-electron chi connectivity index (χ1n) is 6.57. The van der Waals surface area contributed by atoms with E-state index in [1.54, 1.807) is 45.0 Å². The third-order valence-electron chi connectivity index (χ3n) is 2.45. The maximum atomic E-state index is 11.9. The highest BCUT2D eigenvalue weighted by Gasteiger charge is 2.19. The molecule has 0 aliphatic carbocycles. The van der Waals surface area contributed by atoms with Gasteiger partial charge in [0.15, 0.2) is 0 Å². The second-order valence-electron chi connectivity index (χ2n) is 5.66. The Morgan fingerprint density at radius 1 is 1.29 bits per heavy atom. The van der Waals surface area contributed by atoms with Gasteiger partial charge in [0.05, 0.1) is 12.9 Å².